The summed E-state index contributed by atoms with van der Waals surface area (Å²) >= 11 is 0. The van der Waals surface area contributed by atoms with E-state index in [2.05, 4.69) is 0 Å². The summed E-state index contributed by atoms with van der Waals surface area (Å²) in [6, 6.07) is 14.6. The fraction of sp³-hybridized carbons (Fsp3) is 0.107. The molecule has 0 N–H and O–H groups in total. The second-order valence-corrected chi connectivity index (χ2v) is 7.18. The number of benzene rings is 3. The lowest BCUT2D eigenvalue weighted by Crippen LogP contribution is -1.94. The summed E-state index contributed by atoms with van der Waals surface area (Å²) in [5.41, 5.74) is 2.80. The van der Waals surface area contributed by atoms with Crippen LogP contribution in [0.4, 0.5) is 8.78 Å². The highest BCUT2D eigenvalue weighted by molar-refractivity contribution is 6.05. The minimum Gasteiger partial charge on any atom is -0.497 e. The zero-order chi connectivity index (χ0) is 24.5. The van der Waals surface area contributed by atoms with Crippen LogP contribution in [0.1, 0.15) is 22.3 Å². The van der Waals surface area contributed by atoms with Gasteiger partial charge in [0, 0.05) is 11.6 Å². The molecule has 4 nitrogen and oxygen atoms in total. The minimum absolute atomic E-state index is 0.326. The van der Waals surface area contributed by atoms with E-state index in [1.54, 1.807) is 26.4 Å². The molecule has 0 aliphatic carbocycles. The second kappa shape index (κ2) is 11.6. The molecular weight excluding hydrogens is 438 g/mol. The average Bonchev–Trinajstić information content (AvgIpc) is 2.86. The molecule has 34 heavy (non-hydrogen) atoms. The first-order valence-electron chi connectivity index (χ1n) is 10.4. The van der Waals surface area contributed by atoms with Gasteiger partial charge in [0.2, 0.25) is 0 Å². The van der Waals surface area contributed by atoms with E-state index >= 15 is 0 Å². The van der Waals surface area contributed by atoms with Crippen molar-refractivity contribution in [2.75, 3.05) is 21.3 Å². The Bertz CT molecular complexity index is 1240. The lowest BCUT2D eigenvalue weighted by molar-refractivity contribution is -0.110. The largest absolute Gasteiger partial charge is 0.497 e. The van der Waals surface area contributed by atoms with Crippen LogP contribution in [0.15, 0.2) is 66.7 Å². The number of carbonyl (C=O) groups excluding carboxylic acids is 1. The molecule has 0 unspecified atom stereocenters. The fourth-order valence-electron chi connectivity index (χ4n) is 3.14. The number of methoxy groups -OCH3 is 3. The van der Waals surface area contributed by atoms with Gasteiger partial charge in [-0.15, -0.1) is 0 Å². The van der Waals surface area contributed by atoms with Crippen molar-refractivity contribution in [1.29, 1.82) is 0 Å². The van der Waals surface area contributed by atoms with Crippen LogP contribution >= 0.6 is 0 Å². The molecule has 0 saturated carbocycles. The molecule has 0 spiro atoms. The highest BCUT2D eigenvalue weighted by atomic mass is 19.2. The summed E-state index contributed by atoms with van der Waals surface area (Å²) in [5, 5.41) is 0. The van der Waals surface area contributed by atoms with E-state index in [0.29, 0.717) is 22.6 Å². The molecule has 0 atom stereocenters. The van der Waals surface area contributed by atoms with E-state index in [1.807, 2.05) is 42.5 Å². The molecule has 0 fully saturated rings. The maximum atomic E-state index is 13.4. The second-order valence-electron chi connectivity index (χ2n) is 7.18. The highest BCUT2D eigenvalue weighted by Crippen LogP contribution is 2.31. The van der Waals surface area contributed by atoms with Crippen molar-refractivity contribution in [1.82, 2.24) is 0 Å². The number of carbonyl (C=O) groups is 1. The van der Waals surface area contributed by atoms with Crippen molar-refractivity contribution in [3.05, 3.63) is 101 Å². The van der Waals surface area contributed by atoms with Crippen LogP contribution < -0.4 is 14.2 Å². The topological polar surface area (TPSA) is 44.8 Å². The van der Waals surface area contributed by atoms with Gasteiger partial charge >= 0.3 is 0 Å². The summed E-state index contributed by atoms with van der Waals surface area (Å²) in [6.45, 7) is 0. The summed E-state index contributed by atoms with van der Waals surface area (Å²) in [5.74, 6) is -0.339. The third kappa shape index (κ3) is 6.42. The van der Waals surface area contributed by atoms with Crippen molar-refractivity contribution < 1.29 is 27.8 Å². The van der Waals surface area contributed by atoms with E-state index in [9.17, 15) is 13.6 Å². The lowest BCUT2D eigenvalue weighted by atomic mass is 10.0. The Morgan fingerprint density at radius 2 is 1.35 bits per heavy atom. The van der Waals surface area contributed by atoms with Gasteiger partial charge in [0.1, 0.15) is 17.2 Å². The van der Waals surface area contributed by atoms with Gasteiger partial charge in [-0.1, -0.05) is 36.4 Å². The van der Waals surface area contributed by atoms with Crippen molar-refractivity contribution in [3.8, 4) is 17.2 Å². The Kier molecular flexibility index (Phi) is 8.35. The van der Waals surface area contributed by atoms with Crippen LogP contribution in [-0.2, 0) is 4.79 Å². The van der Waals surface area contributed by atoms with Crippen molar-refractivity contribution in [2.45, 2.75) is 0 Å². The van der Waals surface area contributed by atoms with E-state index in [4.69, 9.17) is 14.2 Å². The monoisotopic (exact) mass is 462 g/mol. The predicted octanol–water partition coefficient (Wildman–Crippen LogP) is 6.46. The van der Waals surface area contributed by atoms with Gasteiger partial charge < -0.3 is 14.2 Å². The van der Waals surface area contributed by atoms with Crippen LogP contribution in [0.5, 0.6) is 17.2 Å². The number of ketones is 1. The molecule has 0 heterocycles. The highest BCUT2D eigenvalue weighted by Gasteiger charge is 2.09. The van der Waals surface area contributed by atoms with Crippen LogP contribution in [-0.4, -0.2) is 27.1 Å². The molecule has 3 rings (SSSR count). The SMILES string of the molecule is COc1ccc(/C=C/c2cc(OC)cc(OC)c2/C=C/C(=O)/C=C/c2ccc(F)c(F)c2)cc1. The van der Waals surface area contributed by atoms with E-state index in [1.165, 1.54) is 31.4 Å². The Morgan fingerprint density at radius 1 is 0.676 bits per heavy atom. The molecule has 6 heteroatoms. The molecule has 174 valence electrons. The summed E-state index contributed by atoms with van der Waals surface area (Å²) in [7, 11) is 4.71. The normalized spacial score (nSPS) is 11.4. The Morgan fingerprint density at radius 3 is 2.00 bits per heavy atom. The van der Waals surface area contributed by atoms with Gasteiger partial charge in [-0.3, -0.25) is 4.79 Å². The molecule has 0 aliphatic heterocycles. The standard InChI is InChI=1S/C28H24F2O4/c1-32-23-12-6-19(7-13-23)4-9-21-17-24(33-2)18-28(34-3)25(21)14-11-22(31)10-5-20-8-15-26(29)27(30)16-20/h4-18H,1-3H3/b9-4+,10-5+,14-11+. The third-order valence-electron chi connectivity index (χ3n) is 4.97. The third-order valence-corrected chi connectivity index (χ3v) is 4.97. The lowest BCUT2D eigenvalue weighted by Gasteiger charge is -2.11. The van der Waals surface area contributed by atoms with Crippen molar-refractivity contribution >= 4 is 30.1 Å². The van der Waals surface area contributed by atoms with Crippen LogP contribution in [0.25, 0.3) is 24.3 Å². The molecular formula is C28H24F2O4. The first-order valence-corrected chi connectivity index (χ1v) is 10.4. The van der Waals surface area contributed by atoms with Gasteiger partial charge in [0.15, 0.2) is 17.4 Å². The summed E-state index contributed by atoms with van der Waals surface area (Å²) < 4.78 is 42.5. The van der Waals surface area contributed by atoms with E-state index in [0.717, 1.165) is 29.0 Å². The summed E-state index contributed by atoms with van der Waals surface area (Å²) in [6.07, 6.45) is 9.55. The molecule has 3 aromatic carbocycles. The maximum Gasteiger partial charge on any atom is 0.178 e. The average molecular weight is 462 g/mol. The van der Waals surface area contributed by atoms with Gasteiger partial charge in [-0.05, 0) is 65.3 Å². The molecule has 0 aromatic heterocycles. The molecule has 0 aliphatic rings. The number of hydrogen-bond acceptors (Lipinski definition) is 4. The van der Waals surface area contributed by atoms with Crippen LogP contribution in [0.2, 0.25) is 0 Å². The predicted molar refractivity (Wildman–Crippen MR) is 131 cm³/mol. The molecule has 0 radical (unpaired) electrons. The van der Waals surface area contributed by atoms with E-state index in [-0.39, 0.29) is 5.78 Å². The van der Waals surface area contributed by atoms with Gasteiger partial charge in [0.05, 0.1) is 21.3 Å². The molecule has 0 bridgehead atoms. The first kappa shape index (κ1) is 24.5. The van der Waals surface area contributed by atoms with Gasteiger partial charge in [0.25, 0.3) is 0 Å². The van der Waals surface area contributed by atoms with Gasteiger partial charge in [-0.25, -0.2) is 8.78 Å². The van der Waals surface area contributed by atoms with E-state index < -0.39 is 11.6 Å². The maximum absolute atomic E-state index is 13.4. The zero-order valence-electron chi connectivity index (χ0n) is 19.0. The number of ether oxygens (including phenoxy) is 3. The molecule has 3 aromatic rings. The Labute approximate surface area is 197 Å². The number of hydrogen-bond donors (Lipinski definition) is 0. The zero-order valence-corrected chi connectivity index (χ0v) is 19.0. The first-order chi connectivity index (χ1) is 16.4. The van der Waals surface area contributed by atoms with Gasteiger partial charge in [-0.2, -0.15) is 0 Å². The Balaban J connectivity index is 1.88. The smallest absolute Gasteiger partial charge is 0.178 e. The quantitative estimate of drug-likeness (QED) is 0.271. The van der Waals surface area contributed by atoms with Crippen molar-refractivity contribution in [2.24, 2.45) is 0 Å². The summed E-state index contributed by atoms with van der Waals surface area (Å²) in [4.78, 5) is 12.4. The number of rotatable bonds is 9. The fourth-order valence-corrected chi connectivity index (χ4v) is 3.14. The number of halogens is 2. The Hall–Kier alpha value is -4.19. The van der Waals surface area contributed by atoms with Crippen LogP contribution in [0.3, 0.4) is 0 Å². The number of allylic oxidation sites excluding steroid dienone is 2. The minimum atomic E-state index is -0.971. The van der Waals surface area contributed by atoms with Crippen molar-refractivity contribution in [3.63, 3.8) is 0 Å². The van der Waals surface area contributed by atoms with Crippen LogP contribution in [0, 0.1) is 11.6 Å². The molecule has 0 saturated heterocycles. The molecule has 0 amide bonds.